The minimum absolute atomic E-state index is 0.0489. The molecular formula is C19H19N5O2. The zero-order valence-electron chi connectivity index (χ0n) is 14.3. The van der Waals surface area contributed by atoms with Crippen molar-refractivity contribution in [1.82, 2.24) is 9.55 Å². The zero-order chi connectivity index (χ0) is 18.1. The van der Waals surface area contributed by atoms with Crippen LogP contribution in [0.1, 0.15) is 24.0 Å². The van der Waals surface area contributed by atoms with Crippen LogP contribution >= 0.6 is 0 Å². The van der Waals surface area contributed by atoms with Gasteiger partial charge in [-0.05, 0) is 30.5 Å². The number of furan rings is 1. The smallest absolute Gasteiger partial charge is 0.266 e. The van der Waals surface area contributed by atoms with E-state index in [1.165, 1.54) is 6.26 Å². The predicted molar refractivity (Wildman–Crippen MR) is 98.0 cm³/mol. The molecule has 7 heteroatoms. The Morgan fingerprint density at radius 2 is 2.19 bits per heavy atom. The van der Waals surface area contributed by atoms with Crippen molar-refractivity contribution in [2.45, 2.75) is 25.4 Å². The van der Waals surface area contributed by atoms with Crippen LogP contribution in [0.15, 0.2) is 45.8 Å². The van der Waals surface area contributed by atoms with Crippen molar-refractivity contribution in [3.05, 3.63) is 58.1 Å². The Labute approximate surface area is 150 Å². The summed E-state index contributed by atoms with van der Waals surface area (Å²) in [6, 6.07) is 11.1. The molecule has 4 rings (SSSR count). The van der Waals surface area contributed by atoms with Crippen LogP contribution in [0.2, 0.25) is 0 Å². The van der Waals surface area contributed by atoms with E-state index in [1.54, 1.807) is 16.7 Å². The number of nitrogens with two attached hydrogens (primary N) is 1. The fourth-order valence-electron chi connectivity index (χ4n) is 3.45. The lowest BCUT2D eigenvalue weighted by molar-refractivity contribution is 0.490. The van der Waals surface area contributed by atoms with E-state index in [9.17, 15) is 10.1 Å². The van der Waals surface area contributed by atoms with E-state index < -0.39 is 0 Å². The highest BCUT2D eigenvalue weighted by Gasteiger charge is 2.23. The Kier molecular flexibility index (Phi) is 4.19. The van der Waals surface area contributed by atoms with Crippen molar-refractivity contribution in [3.63, 3.8) is 0 Å². The van der Waals surface area contributed by atoms with Crippen LogP contribution in [-0.4, -0.2) is 28.7 Å². The molecule has 1 fully saturated rings. The van der Waals surface area contributed by atoms with Crippen molar-refractivity contribution < 1.29 is 4.42 Å². The number of rotatable bonds is 3. The molecular weight excluding hydrogens is 330 g/mol. The lowest BCUT2D eigenvalue weighted by atomic mass is 10.1. The van der Waals surface area contributed by atoms with E-state index >= 15 is 0 Å². The van der Waals surface area contributed by atoms with E-state index in [0.717, 1.165) is 24.9 Å². The van der Waals surface area contributed by atoms with Gasteiger partial charge in [-0.1, -0.05) is 18.2 Å². The number of hydrogen-bond acceptors (Lipinski definition) is 6. The number of benzene rings is 1. The van der Waals surface area contributed by atoms with Crippen LogP contribution in [0.4, 0.5) is 5.95 Å². The first-order valence-corrected chi connectivity index (χ1v) is 8.64. The van der Waals surface area contributed by atoms with Crippen LogP contribution in [0, 0.1) is 11.3 Å². The van der Waals surface area contributed by atoms with E-state index in [-0.39, 0.29) is 18.1 Å². The van der Waals surface area contributed by atoms with Gasteiger partial charge >= 0.3 is 0 Å². The summed E-state index contributed by atoms with van der Waals surface area (Å²) in [6.45, 7) is 1.70. The Morgan fingerprint density at radius 3 is 3.00 bits per heavy atom. The molecule has 0 spiro atoms. The van der Waals surface area contributed by atoms with E-state index in [0.29, 0.717) is 29.2 Å². The second kappa shape index (κ2) is 6.65. The molecule has 1 saturated heterocycles. The van der Waals surface area contributed by atoms with Gasteiger partial charge in [-0.25, -0.2) is 0 Å². The van der Waals surface area contributed by atoms with E-state index in [4.69, 9.17) is 10.2 Å². The summed E-state index contributed by atoms with van der Waals surface area (Å²) in [7, 11) is 0. The number of piperidine rings is 1. The molecule has 2 aromatic heterocycles. The van der Waals surface area contributed by atoms with Crippen molar-refractivity contribution >= 4 is 17.0 Å². The summed E-state index contributed by atoms with van der Waals surface area (Å²) in [5.74, 6) is 0.542. The molecule has 3 heterocycles. The third-order valence-electron chi connectivity index (χ3n) is 4.77. The third kappa shape index (κ3) is 2.85. The first-order valence-electron chi connectivity index (χ1n) is 8.64. The van der Waals surface area contributed by atoms with Crippen LogP contribution in [-0.2, 0) is 6.54 Å². The van der Waals surface area contributed by atoms with Gasteiger partial charge in [-0.2, -0.15) is 10.2 Å². The maximum absolute atomic E-state index is 13.1. The highest BCUT2D eigenvalue weighted by atomic mass is 16.3. The molecule has 0 aliphatic carbocycles. The van der Waals surface area contributed by atoms with Gasteiger partial charge in [0.15, 0.2) is 0 Å². The molecule has 0 radical (unpaired) electrons. The summed E-state index contributed by atoms with van der Waals surface area (Å²) in [5.41, 5.74) is 7.60. The van der Waals surface area contributed by atoms with E-state index in [2.05, 4.69) is 11.1 Å². The van der Waals surface area contributed by atoms with Gasteiger partial charge in [0.2, 0.25) is 11.7 Å². The fraction of sp³-hybridized carbons (Fsp3) is 0.316. The average molecular weight is 349 g/mol. The SMILES string of the molecule is N#Cc1ccccc1Cn1c(N2CCC[C@@H](N)C2)nc2occc2c1=O. The summed E-state index contributed by atoms with van der Waals surface area (Å²) in [6.07, 6.45) is 3.38. The highest BCUT2D eigenvalue weighted by Crippen LogP contribution is 2.21. The molecule has 3 aromatic rings. The number of nitriles is 1. The summed E-state index contributed by atoms with van der Waals surface area (Å²) in [4.78, 5) is 19.7. The topological polar surface area (TPSA) is 101 Å². The Balaban J connectivity index is 1.86. The summed E-state index contributed by atoms with van der Waals surface area (Å²) in [5, 5.41) is 9.80. The van der Waals surface area contributed by atoms with Gasteiger partial charge < -0.3 is 15.1 Å². The molecule has 1 aromatic carbocycles. The normalized spacial score (nSPS) is 17.4. The minimum Gasteiger partial charge on any atom is -0.446 e. The van der Waals surface area contributed by atoms with Crippen molar-refractivity contribution in [1.29, 1.82) is 5.26 Å². The molecule has 1 atom stereocenters. The van der Waals surface area contributed by atoms with Gasteiger partial charge in [0, 0.05) is 19.1 Å². The Hall–Kier alpha value is -3.11. The monoisotopic (exact) mass is 349 g/mol. The molecule has 7 nitrogen and oxygen atoms in total. The Morgan fingerprint density at radius 1 is 1.35 bits per heavy atom. The third-order valence-corrected chi connectivity index (χ3v) is 4.77. The highest BCUT2D eigenvalue weighted by molar-refractivity contribution is 5.73. The van der Waals surface area contributed by atoms with E-state index in [1.807, 2.05) is 23.1 Å². The lowest BCUT2D eigenvalue weighted by Gasteiger charge is -2.32. The number of hydrogen-bond donors (Lipinski definition) is 1. The molecule has 132 valence electrons. The second-order valence-corrected chi connectivity index (χ2v) is 6.56. The van der Waals surface area contributed by atoms with Crippen molar-refractivity contribution in [2.24, 2.45) is 5.73 Å². The van der Waals surface area contributed by atoms with Gasteiger partial charge in [-0.3, -0.25) is 9.36 Å². The molecule has 2 N–H and O–H groups in total. The van der Waals surface area contributed by atoms with Gasteiger partial charge in [0.05, 0.1) is 24.4 Å². The van der Waals surface area contributed by atoms with Crippen molar-refractivity contribution in [2.75, 3.05) is 18.0 Å². The average Bonchev–Trinajstić information content (AvgIpc) is 3.13. The standard InChI is InChI=1S/C19H19N5O2/c20-10-13-4-1-2-5-14(13)11-24-18(25)16-7-9-26-17(16)22-19(24)23-8-3-6-15(21)12-23/h1-2,4-5,7,9,15H,3,6,8,11-12,21H2/t15-/m1/s1. The van der Waals surface area contributed by atoms with Crippen molar-refractivity contribution in [3.8, 4) is 6.07 Å². The fourth-order valence-corrected chi connectivity index (χ4v) is 3.45. The van der Waals surface area contributed by atoms with Crippen LogP contribution in [0.25, 0.3) is 11.1 Å². The molecule has 0 saturated carbocycles. The maximum atomic E-state index is 13.1. The molecule has 26 heavy (non-hydrogen) atoms. The first-order chi connectivity index (χ1) is 12.7. The quantitative estimate of drug-likeness (QED) is 0.774. The number of nitrogens with zero attached hydrogens (tertiary/aromatic N) is 4. The van der Waals surface area contributed by atoms with Crippen LogP contribution < -0.4 is 16.2 Å². The predicted octanol–water partition coefficient (Wildman–Crippen LogP) is 1.84. The summed E-state index contributed by atoms with van der Waals surface area (Å²) < 4.78 is 6.99. The molecule has 0 unspecified atom stereocenters. The van der Waals surface area contributed by atoms with Crippen LogP contribution in [0.3, 0.4) is 0 Å². The molecule has 0 amide bonds. The number of anilines is 1. The lowest BCUT2D eigenvalue weighted by Crippen LogP contribution is -2.45. The zero-order valence-corrected chi connectivity index (χ0v) is 14.3. The minimum atomic E-state index is -0.175. The first kappa shape index (κ1) is 16.4. The molecule has 0 bridgehead atoms. The van der Waals surface area contributed by atoms with Gasteiger partial charge in [0.25, 0.3) is 5.56 Å². The van der Waals surface area contributed by atoms with Gasteiger partial charge in [0.1, 0.15) is 5.39 Å². The maximum Gasteiger partial charge on any atom is 0.266 e. The molecule has 1 aliphatic heterocycles. The largest absolute Gasteiger partial charge is 0.446 e. The Bertz CT molecular complexity index is 1050. The number of aromatic nitrogens is 2. The summed E-state index contributed by atoms with van der Waals surface area (Å²) >= 11 is 0. The number of fused-ring (bicyclic) bond motifs is 1. The van der Waals surface area contributed by atoms with Gasteiger partial charge in [-0.15, -0.1) is 0 Å². The molecule has 1 aliphatic rings. The van der Waals surface area contributed by atoms with Crippen LogP contribution in [0.5, 0.6) is 0 Å². The second-order valence-electron chi connectivity index (χ2n) is 6.56.